The molecule has 0 N–H and O–H groups in total. The van der Waals surface area contributed by atoms with E-state index in [0.29, 0.717) is 5.02 Å². The molecule has 4 rings (SSSR count). The second-order valence-corrected chi connectivity index (χ2v) is 7.40. The maximum atomic E-state index is 6.04. The minimum atomic E-state index is -0.296. The number of aliphatic imine (C=N–C) groups is 2. The molecule has 3 aromatic rings. The molecule has 0 fully saturated rings. The summed E-state index contributed by atoms with van der Waals surface area (Å²) >= 11 is 7.63. The molecule has 0 aromatic heterocycles. The summed E-state index contributed by atoms with van der Waals surface area (Å²) in [5, 5.41) is 2.60. The molecular formula is C22H17ClN2OS. The predicted molar refractivity (Wildman–Crippen MR) is 114 cm³/mol. The standard InChI is InChI=1S/C22H17ClN2OS/c1-26-19-13-9-17(10-14-19)22-25-20(15-7-11-18(23)12-8-15)24-21(27-22)16-5-3-2-4-6-16/h2-14,20H,1H3/t20-/m0/s1. The van der Waals surface area contributed by atoms with Gasteiger partial charge < -0.3 is 4.74 Å². The van der Waals surface area contributed by atoms with Crippen LogP contribution in [-0.2, 0) is 0 Å². The third-order valence-corrected chi connectivity index (χ3v) is 5.52. The predicted octanol–water partition coefficient (Wildman–Crippen LogP) is 5.99. The minimum Gasteiger partial charge on any atom is -0.497 e. The lowest BCUT2D eigenvalue weighted by atomic mass is 10.1. The summed E-state index contributed by atoms with van der Waals surface area (Å²) in [5.74, 6) is 0.825. The highest BCUT2D eigenvalue weighted by atomic mass is 35.5. The van der Waals surface area contributed by atoms with Crippen molar-refractivity contribution in [3.05, 3.63) is 101 Å². The molecular weight excluding hydrogens is 376 g/mol. The molecule has 0 saturated carbocycles. The van der Waals surface area contributed by atoms with Crippen molar-refractivity contribution >= 4 is 33.5 Å². The second-order valence-electron chi connectivity index (χ2n) is 5.99. The van der Waals surface area contributed by atoms with Gasteiger partial charge in [-0.05, 0) is 53.7 Å². The lowest BCUT2D eigenvalue weighted by Gasteiger charge is -2.20. The molecule has 1 atom stereocenters. The number of ether oxygens (including phenoxy) is 1. The number of nitrogens with zero attached hydrogens (tertiary/aromatic N) is 2. The van der Waals surface area contributed by atoms with E-state index >= 15 is 0 Å². The molecule has 3 aromatic carbocycles. The maximum Gasteiger partial charge on any atom is 0.167 e. The highest BCUT2D eigenvalue weighted by Gasteiger charge is 2.21. The van der Waals surface area contributed by atoms with Crippen LogP contribution in [0.3, 0.4) is 0 Å². The zero-order valence-corrected chi connectivity index (χ0v) is 16.2. The monoisotopic (exact) mass is 392 g/mol. The van der Waals surface area contributed by atoms with Crippen LogP contribution in [0.1, 0.15) is 22.9 Å². The molecule has 27 heavy (non-hydrogen) atoms. The van der Waals surface area contributed by atoms with E-state index in [0.717, 1.165) is 32.5 Å². The van der Waals surface area contributed by atoms with Crippen LogP contribution in [0.15, 0.2) is 88.8 Å². The van der Waals surface area contributed by atoms with Crippen LogP contribution in [-0.4, -0.2) is 17.2 Å². The fourth-order valence-electron chi connectivity index (χ4n) is 2.76. The van der Waals surface area contributed by atoms with Gasteiger partial charge in [-0.15, -0.1) is 0 Å². The number of methoxy groups -OCH3 is 1. The average molecular weight is 393 g/mol. The van der Waals surface area contributed by atoms with Crippen LogP contribution < -0.4 is 4.74 Å². The van der Waals surface area contributed by atoms with Crippen LogP contribution >= 0.6 is 23.4 Å². The third kappa shape index (κ3) is 4.07. The quantitative estimate of drug-likeness (QED) is 0.546. The van der Waals surface area contributed by atoms with Crippen molar-refractivity contribution in [2.45, 2.75) is 6.17 Å². The molecule has 0 unspecified atom stereocenters. The Kier molecular flexibility index (Phi) is 5.28. The van der Waals surface area contributed by atoms with Crippen molar-refractivity contribution in [1.82, 2.24) is 0 Å². The number of hydrogen-bond acceptors (Lipinski definition) is 4. The summed E-state index contributed by atoms with van der Waals surface area (Å²) in [6, 6.07) is 25.8. The second kappa shape index (κ2) is 7.99. The number of hydrogen-bond donors (Lipinski definition) is 0. The highest BCUT2D eigenvalue weighted by Crippen LogP contribution is 2.33. The Morgan fingerprint density at radius 2 is 1.37 bits per heavy atom. The Labute approximate surface area is 167 Å². The summed E-state index contributed by atoms with van der Waals surface area (Å²) in [6.07, 6.45) is -0.296. The summed E-state index contributed by atoms with van der Waals surface area (Å²) in [5.41, 5.74) is 3.14. The summed E-state index contributed by atoms with van der Waals surface area (Å²) < 4.78 is 5.27. The summed E-state index contributed by atoms with van der Waals surface area (Å²) in [6.45, 7) is 0. The number of benzene rings is 3. The Morgan fingerprint density at radius 1 is 0.778 bits per heavy atom. The van der Waals surface area contributed by atoms with Crippen LogP contribution in [0.5, 0.6) is 5.75 Å². The molecule has 0 radical (unpaired) electrons. The Bertz CT molecular complexity index is 983. The molecule has 1 heterocycles. The zero-order valence-electron chi connectivity index (χ0n) is 14.7. The van der Waals surface area contributed by atoms with Gasteiger partial charge in [-0.25, -0.2) is 9.98 Å². The van der Waals surface area contributed by atoms with Gasteiger partial charge in [0.25, 0.3) is 0 Å². The number of halogens is 1. The van der Waals surface area contributed by atoms with Gasteiger partial charge in [-0.2, -0.15) is 0 Å². The largest absolute Gasteiger partial charge is 0.497 e. The smallest absolute Gasteiger partial charge is 0.167 e. The molecule has 5 heteroatoms. The molecule has 3 nitrogen and oxygen atoms in total. The van der Waals surface area contributed by atoms with Gasteiger partial charge in [0.05, 0.1) is 7.11 Å². The Hall–Kier alpha value is -2.56. The fourth-order valence-corrected chi connectivity index (χ4v) is 3.88. The van der Waals surface area contributed by atoms with Crippen molar-refractivity contribution in [1.29, 1.82) is 0 Å². The molecule has 134 valence electrons. The van der Waals surface area contributed by atoms with Crippen molar-refractivity contribution in [2.24, 2.45) is 9.98 Å². The molecule has 1 aliphatic heterocycles. The van der Waals surface area contributed by atoms with E-state index < -0.39 is 0 Å². The van der Waals surface area contributed by atoms with Crippen molar-refractivity contribution in [2.75, 3.05) is 7.11 Å². The maximum absolute atomic E-state index is 6.04. The first-order valence-electron chi connectivity index (χ1n) is 8.52. The van der Waals surface area contributed by atoms with Gasteiger partial charge >= 0.3 is 0 Å². The Balaban J connectivity index is 1.75. The molecule has 0 bridgehead atoms. The van der Waals surface area contributed by atoms with E-state index in [4.69, 9.17) is 26.3 Å². The molecule has 0 amide bonds. The van der Waals surface area contributed by atoms with E-state index in [-0.39, 0.29) is 6.17 Å². The number of thioether (sulfide) groups is 1. The van der Waals surface area contributed by atoms with Gasteiger partial charge in [0.15, 0.2) is 6.17 Å². The summed E-state index contributed by atoms with van der Waals surface area (Å²) in [7, 11) is 1.67. The number of rotatable bonds is 4. The van der Waals surface area contributed by atoms with E-state index in [9.17, 15) is 0 Å². The van der Waals surface area contributed by atoms with Crippen LogP contribution in [0, 0.1) is 0 Å². The van der Waals surface area contributed by atoms with Gasteiger partial charge in [0, 0.05) is 16.1 Å². The molecule has 0 spiro atoms. The van der Waals surface area contributed by atoms with Crippen LogP contribution in [0.4, 0.5) is 0 Å². The fraction of sp³-hybridized carbons (Fsp3) is 0.0909. The van der Waals surface area contributed by atoms with E-state index in [1.807, 2.05) is 66.7 Å². The lowest BCUT2D eigenvalue weighted by molar-refractivity contribution is 0.415. The first-order chi connectivity index (χ1) is 13.2. The van der Waals surface area contributed by atoms with Gasteiger partial charge in [-0.1, -0.05) is 54.1 Å². The molecule has 1 aliphatic rings. The van der Waals surface area contributed by atoms with E-state index in [2.05, 4.69) is 12.1 Å². The zero-order chi connectivity index (χ0) is 18.6. The van der Waals surface area contributed by atoms with E-state index in [1.54, 1.807) is 18.9 Å². The topological polar surface area (TPSA) is 34.0 Å². The van der Waals surface area contributed by atoms with Crippen LogP contribution in [0.25, 0.3) is 0 Å². The lowest BCUT2D eigenvalue weighted by Crippen LogP contribution is -2.12. The van der Waals surface area contributed by atoms with Crippen LogP contribution in [0.2, 0.25) is 5.02 Å². The third-order valence-electron chi connectivity index (χ3n) is 4.20. The van der Waals surface area contributed by atoms with Crippen molar-refractivity contribution in [3.63, 3.8) is 0 Å². The van der Waals surface area contributed by atoms with Gasteiger partial charge in [0.1, 0.15) is 15.8 Å². The van der Waals surface area contributed by atoms with Gasteiger partial charge in [-0.3, -0.25) is 0 Å². The Morgan fingerprint density at radius 3 is 1.96 bits per heavy atom. The molecule has 0 aliphatic carbocycles. The molecule has 0 saturated heterocycles. The average Bonchev–Trinajstić information content (AvgIpc) is 2.74. The minimum absolute atomic E-state index is 0.296. The highest BCUT2D eigenvalue weighted by molar-refractivity contribution is 8.27. The normalized spacial score (nSPS) is 16.4. The summed E-state index contributed by atoms with van der Waals surface area (Å²) in [4.78, 5) is 9.78. The van der Waals surface area contributed by atoms with Gasteiger partial charge in [0.2, 0.25) is 0 Å². The van der Waals surface area contributed by atoms with E-state index in [1.165, 1.54) is 0 Å². The SMILES string of the molecule is COc1ccc(C2=N[C@@H](c3ccc(Cl)cc3)N=C(c3ccccc3)S2)cc1. The first-order valence-corrected chi connectivity index (χ1v) is 9.71. The van der Waals surface area contributed by atoms with Crippen molar-refractivity contribution in [3.8, 4) is 5.75 Å². The first kappa shape index (κ1) is 17.8. The van der Waals surface area contributed by atoms with Crippen molar-refractivity contribution < 1.29 is 4.74 Å².